The van der Waals surface area contributed by atoms with Crippen molar-refractivity contribution in [2.75, 3.05) is 19.8 Å². The van der Waals surface area contributed by atoms with Gasteiger partial charge in [0, 0.05) is 42.8 Å². The molecule has 0 bridgehead atoms. The highest BCUT2D eigenvalue weighted by atomic mass is 32.1. The number of nitrogens with zero attached hydrogens (tertiary/aromatic N) is 4. The van der Waals surface area contributed by atoms with Gasteiger partial charge in [-0.1, -0.05) is 0 Å². The Balaban J connectivity index is 1.52. The van der Waals surface area contributed by atoms with Crippen LogP contribution in [0.25, 0.3) is 0 Å². The molecule has 1 saturated carbocycles. The number of fused-ring (bicyclic) bond motifs is 1. The Bertz CT molecular complexity index is 708. The van der Waals surface area contributed by atoms with Crippen molar-refractivity contribution in [1.82, 2.24) is 19.7 Å². The maximum Gasteiger partial charge on any atom is 0.273 e. The molecule has 4 rings (SSSR count). The fourth-order valence-corrected chi connectivity index (χ4v) is 3.68. The second-order valence-electron chi connectivity index (χ2n) is 6.62. The lowest BCUT2D eigenvalue weighted by Gasteiger charge is -2.31. The van der Waals surface area contributed by atoms with Crippen LogP contribution in [-0.2, 0) is 17.8 Å². The van der Waals surface area contributed by atoms with Crippen molar-refractivity contribution in [2.45, 2.75) is 38.8 Å². The molecular weight excluding hydrogens is 324 g/mol. The van der Waals surface area contributed by atoms with E-state index in [1.165, 1.54) is 29.7 Å². The van der Waals surface area contributed by atoms with Crippen LogP contribution < -0.4 is 0 Å². The van der Waals surface area contributed by atoms with Crippen LogP contribution in [-0.4, -0.2) is 45.3 Å². The summed E-state index contributed by atoms with van der Waals surface area (Å²) in [6.45, 7) is 5.63. The van der Waals surface area contributed by atoms with Crippen LogP contribution in [0.3, 0.4) is 0 Å². The highest BCUT2D eigenvalue weighted by Crippen LogP contribution is 2.31. The van der Waals surface area contributed by atoms with Gasteiger partial charge >= 0.3 is 0 Å². The first-order chi connectivity index (χ1) is 11.7. The maximum absolute atomic E-state index is 12.7. The van der Waals surface area contributed by atoms with Crippen molar-refractivity contribution in [2.24, 2.45) is 5.92 Å². The summed E-state index contributed by atoms with van der Waals surface area (Å²) in [5.74, 6) is 0.926. The van der Waals surface area contributed by atoms with Gasteiger partial charge in [-0.3, -0.25) is 9.48 Å². The number of amides is 1. The van der Waals surface area contributed by atoms with Gasteiger partial charge in [0.05, 0.1) is 24.4 Å². The SMILES string of the molecule is CCn1cc2c(n1)CN(C(=O)c1cscn1)C[C@H]2COCC1CC1. The second kappa shape index (κ2) is 6.64. The number of hydrogen-bond donors (Lipinski definition) is 0. The molecule has 0 spiro atoms. The van der Waals surface area contributed by atoms with Crippen LogP contribution in [0, 0.1) is 5.92 Å². The first kappa shape index (κ1) is 15.8. The molecule has 0 aromatic carbocycles. The van der Waals surface area contributed by atoms with Crippen molar-refractivity contribution in [3.05, 3.63) is 34.0 Å². The van der Waals surface area contributed by atoms with Gasteiger partial charge in [-0.2, -0.15) is 5.10 Å². The van der Waals surface area contributed by atoms with E-state index in [0.717, 1.165) is 24.8 Å². The highest BCUT2D eigenvalue weighted by molar-refractivity contribution is 7.07. The lowest BCUT2D eigenvalue weighted by molar-refractivity contribution is 0.0622. The zero-order valence-electron chi connectivity index (χ0n) is 13.9. The number of aromatic nitrogens is 3. The predicted octanol–water partition coefficient (Wildman–Crippen LogP) is 2.53. The molecule has 6 nitrogen and oxygen atoms in total. The summed E-state index contributed by atoms with van der Waals surface area (Å²) < 4.78 is 7.88. The van der Waals surface area contributed by atoms with Gasteiger partial charge in [0.15, 0.2) is 0 Å². The standard InChI is InChI=1S/C17H22N4O2S/c1-2-21-6-14-13(9-23-8-12-3-4-12)5-20(7-15(14)19-21)17(22)16-10-24-11-18-16/h6,10-13H,2-5,7-9H2,1H3/t13-/m0/s1. The van der Waals surface area contributed by atoms with Gasteiger partial charge in [-0.15, -0.1) is 11.3 Å². The Labute approximate surface area is 145 Å². The average molecular weight is 346 g/mol. The molecule has 0 radical (unpaired) electrons. The van der Waals surface area contributed by atoms with E-state index >= 15 is 0 Å². The monoisotopic (exact) mass is 346 g/mol. The summed E-state index contributed by atoms with van der Waals surface area (Å²) in [6.07, 6.45) is 4.70. The van der Waals surface area contributed by atoms with E-state index in [0.29, 0.717) is 25.4 Å². The smallest absolute Gasteiger partial charge is 0.273 e. The van der Waals surface area contributed by atoms with Crippen LogP contribution >= 0.6 is 11.3 Å². The number of ether oxygens (including phenoxy) is 1. The third-order valence-electron chi connectivity index (χ3n) is 4.72. The minimum absolute atomic E-state index is 0.0138. The first-order valence-corrected chi connectivity index (χ1v) is 9.50. The molecular formula is C17H22N4O2S. The van der Waals surface area contributed by atoms with Crippen LogP contribution in [0.1, 0.15) is 47.4 Å². The molecule has 2 aromatic heterocycles. The minimum atomic E-state index is -0.0138. The molecule has 1 amide bonds. The Kier molecular flexibility index (Phi) is 4.37. The topological polar surface area (TPSA) is 60.2 Å². The molecule has 2 aliphatic rings. The van der Waals surface area contributed by atoms with Gasteiger partial charge in [0.25, 0.3) is 5.91 Å². The summed E-state index contributed by atoms with van der Waals surface area (Å²) in [5, 5.41) is 6.45. The van der Waals surface area contributed by atoms with Crippen LogP contribution in [0.5, 0.6) is 0 Å². The van der Waals surface area contributed by atoms with E-state index in [1.54, 1.807) is 10.9 Å². The van der Waals surface area contributed by atoms with E-state index in [1.807, 2.05) is 9.58 Å². The molecule has 1 fully saturated rings. The Morgan fingerprint density at radius 3 is 3.00 bits per heavy atom. The van der Waals surface area contributed by atoms with E-state index < -0.39 is 0 Å². The van der Waals surface area contributed by atoms with Crippen molar-refractivity contribution in [3.63, 3.8) is 0 Å². The predicted molar refractivity (Wildman–Crippen MR) is 91.0 cm³/mol. The molecule has 7 heteroatoms. The van der Waals surface area contributed by atoms with Crippen molar-refractivity contribution >= 4 is 17.2 Å². The van der Waals surface area contributed by atoms with Gasteiger partial charge in [-0.05, 0) is 25.7 Å². The average Bonchev–Trinajstić information content (AvgIpc) is 3.11. The molecule has 128 valence electrons. The normalized spacial score (nSPS) is 20.2. The molecule has 1 aliphatic heterocycles. The molecule has 3 heterocycles. The van der Waals surface area contributed by atoms with E-state index in [-0.39, 0.29) is 11.8 Å². The van der Waals surface area contributed by atoms with Crippen molar-refractivity contribution in [3.8, 4) is 0 Å². The lowest BCUT2D eigenvalue weighted by atomic mass is 9.95. The Hall–Kier alpha value is -1.73. The number of hydrogen-bond acceptors (Lipinski definition) is 5. The van der Waals surface area contributed by atoms with Gasteiger partial charge < -0.3 is 9.64 Å². The lowest BCUT2D eigenvalue weighted by Crippen LogP contribution is -2.39. The summed E-state index contributed by atoms with van der Waals surface area (Å²) in [5.41, 5.74) is 4.45. The summed E-state index contributed by atoms with van der Waals surface area (Å²) in [4.78, 5) is 18.7. The zero-order valence-corrected chi connectivity index (χ0v) is 14.7. The van der Waals surface area contributed by atoms with E-state index in [9.17, 15) is 4.79 Å². The van der Waals surface area contributed by atoms with Crippen LogP contribution in [0.2, 0.25) is 0 Å². The Morgan fingerprint density at radius 1 is 1.42 bits per heavy atom. The number of aryl methyl sites for hydroxylation is 1. The number of carbonyl (C=O) groups excluding carboxylic acids is 1. The molecule has 1 aliphatic carbocycles. The molecule has 0 saturated heterocycles. The van der Waals surface area contributed by atoms with Crippen LogP contribution in [0.4, 0.5) is 0 Å². The van der Waals surface area contributed by atoms with E-state index in [4.69, 9.17) is 4.74 Å². The summed E-state index contributed by atoms with van der Waals surface area (Å²) in [7, 11) is 0. The van der Waals surface area contributed by atoms with Gasteiger partial charge in [0.1, 0.15) is 5.69 Å². The summed E-state index contributed by atoms with van der Waals surface area (Å²) in [6, 6.07) is 0. The minimum Gasteiger partial charge on any atom is -0.380 e. The Morgan fingerprint density at radius 2 is 2.29 bits per heavy atom. The third-order valence-corrected chi connectivity index (χ3v) is 5.31. The zero-order chi connectivity index (χ0) is 16.5. The molecule has 1 atom stereocenters. The highest BCUT2D eigenvalue weighted by Gasteiger charge is 2.32. The van der Waals surface area contributed by atoms with E-state index in [2.05, 4.69) is 23.2 Å². The molecule has 2 aromatic rings. The number of rotatable bonds is 6. The number of thiazole rings is 1. The fraction of sp³-hybridized carbons (Fsp3) is 0.588. The fourth-order valence-electron chi connectivity index (χ4n) is 3.15. The summed E-state index contributed by atoms with van der Waals surface area (Å²) >= 11 is 1.45. The number of carbonyl (C=O) groups is 1. The quantitative estimate of drug-likeness (QED) is 0.806. The maximum atomic E-state index is 12.7. The molecule has 24 heavy (non-hydrogen) atoms. The van der Waals surface area contributed by atoms with Gasteiger partial charge in [-0.25, -0.2) is 4.98 Å². The second-order valence-corrected chi connectivity index (χ2v) is 7.34. The first-order valence-electron chi connectivity index (χ1n) is 8.56. The third kappa shape index (κ3) is 3.23. The molecule has 0 unspecified atom stereocenters. The van der Waals surface area contributed by atoms with Crippen LogP contribution in [0.15, 0.2) is 17.1 Å². The van der Waals surface area contributed by atoms with Crippen molar-refractivity contribution < 1.29 is 9.53 Å². The van der Waals surface area contributed by atoms with Crippen molar-refractivity contribution in [1.29, 1.82) is 0 Å². The van der Waals surface area contributed by atoms with Gasteiger partial charge in [0.2, 0.25) is 0 Å². The largest absolute Gasteiger partial charge is 0.380 e. The molecule has 0 N–H and O–H groups in total.